The maximum absolute atomic E-state index is 13.1. The van der Waals surface area contributed by atoms with Crippen molar-refractivity contribution in [3.05, 3.63) is 28.2 Å². The summed E-state index contributed by atoms with van der Waals surface area (Å²) in [6, 6.07) is 0.763. The smallest absolute Gasteiger partial charge is 0.306 e. The fraction of sp³-hybridized carbons (Fsp3) is 0.529. The number of urea groups is 1. The Morgan fingerprint density at radius 3 is 2.68 bits per heavy atom. The van der Waals surface area contributed by atoms with Gasteiger partial charge in [0, 0.05) is 29.5 Å². The zero-order chi connectivity index (χ0) is 20.5. The van der Waals surface area contributed by atoms with E-state index in [4.69, 9.17) is 0 Å². The first-order chi connectivity index (χ1) is 13.2. The van der Waals surface area contributed by atoms with E-state index >= 15 is 0 Å². The van der Waals surface area contributed by atoms with E-state index in [1.807, 2.05) is 27.0 Å². The number of aryl methyl sites for hydroxylation is 3. The van der Waals surface area contributed by atoms with Gasteiger partial charge in [-0.05, 0) is 46.3 Å². The topological polar surface area (TPSA) is 99.6 Å². The highest BCUT2D eigenvalue weighted by Gasteiger charge is 2.34. The molecule has 0 saturated carbocycles. The Kier molecular flexibility index (Phi) is 5.96. The molecule has 11 heteroatoms. The van der Waals surface area contributed by atoms with E-state index in [1.54, 1.807) is 17.9 Å². The summed E-state index contributed by atoms with van der Waals surface area (Å²) in [4.78, 5) is 16.5. The van der Waals surface area contributed by atoms with Gasteiger partial charge in [-0.25, -0.2) is 13.8 Å². The van der Waals surface area contributed by atoms with Crippen LogP contribution in [0.3, 0.4) is 0 Å². The Balaban J connectivity index is 1.83. The maximum Gasteiger partial charge on any atom is 0.334 e. The van der Waals surface area contributed by atoms with Crippen molar-refractivity contribution in [2.45, 2.75) is 32.7 Å². The molecule has 1 atom stereocenters. The number of aromatic nitrogens is 2. The van der Waals surface area contributed by atoms with Crippen LogP contribution in [0.15, 0.2) is 18.5 Å². The number of likely N-dealkylation sites (N-methyl/N-ethyl adjacent to an activating group) is 1. The summed E-state index contributed by atoms with van der Waals surface area (Å²) in [5.74, 6) is 0. The number of hydrogen-bond donors (Lipinski definition) is 2. The normalized spacial score (nSPS) is 18.1. The Hall–Kier alpha value is -2.11. The first-order valence-corrected chi connectivity index (χ1v) is 11.3. The number of nitrogens with zero attached hydrogens (tertiary/aromatic N) is 4. The summed E-state index contributed by atoms with van der Waals surface area (Å²) >= 11 is 1.54. The zero-order valence-electron chi connectivity index (χ0n) is 16.5. The molecule has 2 amide bonds. The summed E-state index contributed by atoms with van der Waals surface area (Å²) in [7, 11) is -0.430. The van der Waals surface area contributed by atoms with E-state index in [1.165, 1.54) is 21.8 Å². The minimum atomic E-state index is -4.12. The number of carbonyl (C=O) groups is 1. The second-order valence-corrected chi connectivity index (χ2v) is 10.1. The average molecular weight is 427 g/mol. The van der Waals surface area contributed by atoms with Crippen molar-refractivity contribution in [1.29, 1.82) is 0 Å². The molecule has 1 unspecified atom stereocenters. The Morgan fingerprint density at radius 1 is 1.36 bits per heavy atom. The molecular weight excluding hydrogens is 400 g/mol. The molecule has 2 N–H and O–H groups in total. The first-order valence-electron chi connectivity index (χ1n) is 9.03. The predicted molar refractivity (Wildman–Crippen MR) is 111 cm³/mol. The molecule has 0 aliphatic carbocycles. The van der Waals surface area contributed by atoms with E-state index in [0.717, 1.165) is 22.7 Å². The van der Waals surface area contributed by atoms with Crippen LogP contribution in [0.1, 0.15) is 22.6 Å². The summed E-state index contributed by atoms with van der Waals surface area (Å²) in [5.41, 5.74) is 1.05. The van der Waals surface area contributed by atoms with E-state index in [-0.39, 0.29) is 6.04 Å². The van der Waals surface area contributed by atoms with Gasteiger partial charge >= 0.3 is 16.2 Å². The van der Waals surface area contributed by atoms with Crippen LogP contribution in [0.4, 0.5) is 16.2 Å². The number of amides is 2. The molecule has 154 valence electrons. The zero-order valence-corrected chi connectivity index (χ0v) is 18.1. The van der Waals surface area contributed by atoms with Gasteiger partial charge in [0.15, 0.2) is 0 Å². The molecule has 1 aliphatic rings. The molecule has 2 aromatic rings. The van der Waals surface area contributed by atoms with Crippen molar-refractivity contribution in [2.75, 3.05) is 29.8 Å². The lowest BCUT2D eigenvalue weighted by Crippen LogP contribution is -2.54. The van der Waals surface area contributed by atoms with Crippen molar-refractivity contribution in [2.24, 2.45) is 7.05 Å². The number of hydrogen-bond acceptors (Lipinski definition) is 6. The number of likely N-dealkylation sites (tertiary alicyclic amines) is 1. The Bertz CT molecular complexity index is 952. The quantitative estimate of drug-likeness (QED) is 0.762. The van der Waals surface area contributed by atoms with Gasteiger partial charge in [0.2, 0.25) is 0 Å². The lowest BCUT2D eigenvalue weighted by molar-refractivity contribution is 0.251. The molecule has 0 bridgehead atoms. The number of anilines is 2. The van der Waals surface area contributed by atoms with E-state index in [9.17, 15) is 13.2 Å². The molecule has 1 aliphatic heterocycles. The van der Waals surface area contributed by atoms with Crippen LogP contribution in [0.2, 0.25) is 0 Å². The highest BCUT2D eigenvalue weighted by atomic mass is 32.2. The maximum atomic E-state index is 13.1. The molecule has 0 spiro atoms. The molecule has 0 radical (unpaired) electrons. The molecular formula is C17H26N6O3S2. The van der Waals surface area contributed by atoms with Crippen molar-refractivity contribution in [3.8, 4) is 0 Å². The second-order valence-electron chi connectivity index (χ2n) is 7.11. The van der Waals surface area contributed by atoms with Crippen LogP contribution in [-0.4, -0.2) is 55.3 Å². The third-order valence-corrected chi connectivity index (χ3v) is 7.08. The average Bonchev–Trinajstić information content (AvgIpc) is 3.12. The van der Waals surface area contributed by atoms with Gasteiger partial charge in [0.25, 0.3) is 0 Å². The number of piperidine rings is 1. The number of carbonyl (C=O) groups excluding carboxylic acids is 1. The third kappa shape index (κ3) is 4.65. The van der Waals surface area contributed by atoms with Gasteiger partial charge in [-0.2, -0.15) is 13.5 Å². The molecule has 1 saturated heterocycles. The van der Waals surface area contributed by atoms with Gasteiger partial charge < -0.3 is 10.2 Å². The van der Waals surface area contributed by atoms with Gasteiger partial charge in [-0.1, -0.05) is 0 Å². The monoisotopic (exact) mass is 426 g/mol. The lowest BCUT2D eigenvalue weighted by Gasteiger charge is -2.37. The summed E-state index contributed by atoms with van der Waals surface area (Å²) in [6.45, 7) is 5.31. The summed E-state index contributed by atoms with van der Waals surface area (Å²) < 4.78 is 31.3. The van der Waals surface area contributed by atoms with Crippen molar-refractivity contribution >= 4 is 39.0 Å². The standard InChI is InChI=1S/C17H26N6O3S2/c1-12-8-16(13(2)27-12)19-17(24)20-28(25,26)23(15-9-18-22(4)11-15)14-6-5-7-21(3)10-14/h8-9,11,14H,5-7,10H2,1-4H3,(H2,19,20,24). The van der Waals surface area contributed by atoms with Crippen LogP contribution < -0.4 is 14.3 Å². The minimum absolute atomic E-state index is 0.279. The Labute approximate surface area is 169 Å². The third-order valence-electron chi connectivity index (χ3n) is 4.65. The van der Waals surface area contributed by atoms with Crippen LogP contribution in [0.5, 0.6) is 0 Å². The summed E-state index contributed by atoms with van der Waals surface area (Å²) in [6.07, 6.45) is 4.73. The lowest BCUT2D eigenvalue weighted by atomic mass is 10.1. The number of rotatable bonds is 5. The van der Waals surface area contributed by atoms with Crippen LogP contribution in [0.25, 0.3) is 0 Å². The van der Waals surface area contributed by atoms with Crippen molar-refractivity contribution in [3.63, 3.8) is 0 Å². The van der Waals surface area contributed by atoms with Gasteiger partial charge in [-0.3, -0.25) is 4.68 Å². The summed E-state index contributed by atoms with van der Waals surface area (Å²) in [5, 5.41) is 6.73. The highest BCUT2D eigenvalue weighted by molar-refractivity contribution is 7.91. The number of nitrogens with one attached hydrogen (secondary N) is 2. The molecule has 28 heavy (non-hydrogen) atoms. The van der Waals surface area contributed by atoms with Crippen LogP contribution in [0, 0.1) is 13.8 Å². The van der Waals surface area contributed by atoms with Crippen LogP contribution >= 0.6 is 11.3 Å². The molecule has 3 rings (SSSR count). The second kappa shape index (κ2) is 8.10. The minimum Gasteiger partial charge on any atom is -0.306 e. The molecule has 2 aromatic heterocycles. The first kappa shape index (κ1) is 20.6. The SMILES string of the molecule is Cc1cc(NC(=O)NS(=O)(=O)N(c2cnn(C)c2)C2CCCN(C)C2)c(C)s1. The van der Waals surface area contributed by atoms with Crippen LogP contribution in [-0.2, 0) is 17.3 Å². The van der Waals surface area contributed by atoms with Gasteiger partial charge in [0.1, 0.15) is 0 Å². The van der Waals surface area contributed by atoms with Crippen molar-refractivity contribution < 1.29 is 13.2 Å². The Morgan fingerprint density at radius 2 is 2.11 bits per heavy atom. The fourth-order valence-electron chi connectivity index (χ4n) is 3.47. The van der Waals surface area contributed by atoms with Gasteiger partial charge in [0.05, 0.1) is 23.6 Å². The van der Waals surface area contributed by atoms with E-state index in [0.29, 0.717) is 24.3 Å². The van der Waals surface area contributed by atoms with E-state index in [2.05, 4.69) is 20.0 Å². The van der Waals surface area contributed by atoms with Gasteiger partial charge in [-0.15, -0.1) is 11.3 Å². The molecule has 1 fully saturated rings. The predicted octanol–water partition coefficient (Wildman–Crippen LogP) is 2.07. The van der Waals surface area contributed by atoms with E-state index < -0.39 is 16.2 Å². The molecule has 9 nitrogen and oxygen atoms in total. The number of thiophene rings is 1. The largest absolute Gasteiger partial charge is 0.334 e. The fourth-order valence-corrected chi connectivity index (χ4v) is 5.67. The highest BCUT2D eigenvalue weighted by Crippen LogP contribution is 2.27. The molecule has 0 aromatic carbocycles. The van der Waals surface area contributed by atoms with Crippen molar-refractivity contribution in [1.82, 2.24) is 19.4 Å². The molecule has 3 heterocycles.